The second kappa shape index (κ2) is 4.73. The van der Waals surface area contributed by atoms with E-state index in [1.54, 1.807) is 4.90 Å². The number of nitrogens with one attached hydrogen (secondary N) is 1. The maximum Gasteiger partial charge on any atom is 0.475 e. The van der Waals surface area contributed by atoms with Gasteiger partial charge in [0.15, 0.2) is 0 Å². The largest absolute Gasteiger partial charge is 0.475 e. The highest BCUT2D eigenvalue weighted by molar-refractivity contribution is 6.43. The normalized spacial score (nSPS) is 34.4. The minimum Gasteiger partial charge on any atom is -0.426 e. The fourth-order valence-electron chi connectivity index (χ4n) is 2.70. The minimum absolute atomic E-state index is 0.0277. The molecule has 1 amide bonds. The van der Waals surface area contributed by atoms with Gasteiger partial charge in [0.2, 0.25) is 5.91 Å². The summed E-state index contributed by atoms with van der Waals surface area (Å²) in [6.45, 7) is 2.71. The molecule has 3 atom stereocenters. The number of carbonyl (C=O) groups excluding carboxylic acids is 1. The Morgan fingerprint density at radius 1 is 1.38 bits per heavy atom. The summed E-state index contributed by atoms with van der Waals surface area (Å²) in [6.07, 6.45) is 3.41. The van der Waals surface area contributed by atoms with Crippen LogP contribution in [0.3, 0.4) is 0 Å². The molecule has 0 bridgehead atoms. The van der Waals surface area contributed by atoms with Crippen LogP contribution in [0.25, 0.3) is 0 Å². The van der Waals surface area contributed by atoms with Gasteiger partial charge in [0.05, 0.1) is 12.0 Å². The van der Waals surface area contributed by atoms with Crippen molar-refractivity contribution < 1.29 is 14.8 Å². The highest BCUT2D eigenvalue weighted by atomic mass is 16.4. The van der Waals surface area contributed by atoms with Gasteiger partial charge < -0.3 is 20.3 Å². The average Bonchev–Trinajstić information content (AvgIpc) is 2.84. The van der Waals surface area contributed by atoms with Crippen molar-refractivity contribution in [2.75, 3.05) is 6.54 Å². The molecule has 90 valence electrons. The van der Waals surface area contributed by atoms with Crippen LogP contribution in [0.1, 0.15) is 32.6 Å². The van der Waals surface area contributed by atoms with Crippen molar-refractivity contribution in [3.63, 3.8) is 0 Å². The number of likely N-dealkylation sites (tertiary alicyclic amines) is 1. The molecule has 2 saturated heterocycles. The van der Waals surface area contributed by atoms with E-state index < -0.39 is 13.1 Å². The monoisotopic (exact) mass is 226 g/mol. The van der Waals surface area contributed by atoms with Crippen LogP contribution in [0.4, 0.5) is 0 Å². The van der Waals surface area contributed by atoms with Gasteiger partial charge in [-0.2, -0.15) is 0 Å². The van der Waals surface area contributed by atoms with Crippen LogP contribution in [-0.2, 0) is 4.79 Å². The Morgan fingerprint density at radius 3 is 2.69 bits per heavy atom. The summed E-state index contributed by atoms with van der Waals surface area (Å²) in [5.41, 5.74) is 0. The quantitative estimate of drug-likeness (QED) is 0.535. The van der Waals surface area contributed by atoms with Gasteiger partial charge >= 0.3 is 7.12 Å². The van der Waals surface area contributed by atoms with E-state index in [1.165, 1.54) is 0 Å². The summed E-state index contributed by atoms with van der Waals surface area (Å²) in [6, 6.07) is 0.253. The van der Waals surface area contributed by atoms with Gasteiger partial charge in [-0.3, -0.25) is 4.79 Å². The van der Waals surface area contributed by atoms with Gasteiger partial charge in [-0.25, -0.2) is 0 Å². The van der Waals surface area contributed by atoms with Crippen LogP contribution in [0, 0.1) is 0 Å². The van der Waals surface area contributed by atoms with E-state index in [-0.39, 0.29) is 11.9 Å². The minimum atomic E-state index is -1.41. The van der Waals surface area contributed by atoms with Crippen LogP contribution in [0.5, 0.6) is 0 Å². The van der Waals surface area contributed by atoms with Crippen LogP contribution < -0.4 is 5.32 Å². The standard InChI is InChI=1S/C10H19BN2O3/c1-7-4-5-8(12-7)10(14)13-6-2-3-9(13)11(15)16/h7-9,12,15-16H,2-6H2,1H3/t7?,8-,9-/m0/s1. The first-order valence-electron chi connectivity index (χ1n) is 6.02. The maximum absolute atomic E-state index is 12.1. The highest BCUT2D eigenvalue weighted by Gasteiger charge is 2.40. The van der Waals surface area contributed by atoms with E-state index >= 15 is 0 Å². The van der Waals surface area contributed by atoms with Crippen molar-refractivity contribution in [3.05, 3.63) is 0 Å². The second-order valence-corrected chi connectivity index (χ2v) is 4.85. The second-order valence-electron chi connectivity index (χ2n) is 4.85. The third-order valence-corrected chi connectivity index (χ3v) is 3.60. The summed E-state index contributed by atoms with van der Waals surface area (Å²) in [5, 5.41) is 21.7. The predicted molar refractivity (Wildman–Crippen MR) is 60.5 cm³/mol. The first-order chi connectivity index (χ1) is 7.59. The molecule has 0 spiro atoms. The van der Waals surface area contributed by atoms with Crippen LogP contribution in [0.2, 0.25) is 0 Å². The van der Waals surface area contributed by atoms with Gasteiger partial charge in [0, 0.05) is 12.6 Å². The fraction of sp³-hybridized carbons (Fsp3) is 0.900. The van der Waals surface area contributed by atoms with E-state index in [0.717, 1.165) is 19.3 Å². The van der Waals surface area contributed by atoms with Gasteiger partial charge in [0.1, 0.15) is 0 Å². The highest BCUT2D eigenvalue weighted by Crippen LogP contribution is 2.22. The van der Waals surface area contributed by atoms with E-state index in [9.17, 15) is 14.8 Å². The van der Waals surface area contributed by atoms with E-state index in [1.807, 2.05) is 0 Å². The number of hydrogen-bond donors (Lipinski definition) is 3. The summed E-state index contributed by atoms with van der Waals surface area (Å²) in [5.74, 6) is -0.384. The molecule has 2 fully saturated rings. The zero-order valence-electron chi connectivity index (χ0n) is 9.59. The molecule has 0 radical (unpaired) electrons. The van der Waals surface area contributed by atoms with Crippen molar-refractivity contribution in [2.24, 2.45) is 0 Å². The Balaban J connectivity index is 1.98. The Labute approximate surface area is 96.0 Å². The lowest BCUT2D eigenvalue weighted by molar-refractivity contribution is -0.133. The summed E-state index contributed by atoms with van der Waals surface area (Å²) in [4.78, 5) is 13.8. The molecular formula is C10H19BN2O3. The topological polar surface area (TPSA) is 72.8 Å². The zero-order chi connectivity index (χ0) is 11.7. The lowest BCUT2D eigenvalue weighted by atomic mass is 9.77. The van der Waals surface area contributed by atoms with Crippen LogP contribution >= 0.6 is 0 Å². The smallest absolute Gasteiger partial charge is 0.426 e. The molecule has 1 unspecified atom stereocenters. The summed E-state index contributed by atoms with van der Waals surface area (Å²) in [7, 11) is -1.41. The molecule has 0 aliphatic carbocycles. The SMILES string of the molecule is CC1CC[C@@H](C(=O)N2CCC[C@H]2B(O)O)N1. The van der Waals surface area contributed by atoms with Crippen molar-refractivity contribution in [1.29, 1.82) is 0 Å². The Bertz CT molecular complexity index is 275. The molecule has 2 aliphatic rings. The van der Waals surface area contributed by atoms with Crippen LogP contribution in [0.15, 0.2) is 0 Å². The molecule has 2 heterocycles. The molecule has 0 aromatic rings. The molecule has 16 heavy (non-hydrogen) atoms. The lowest BCUT2D eigenvalue weighted by Crippen LogP contribution is -2.51. The Hall–Kier alpha value is -0.585. The van der Waals surface area contributed by atoms with Gasteiger partial charge in [-0.1, -0.05) is 0 Å². The van der Waals surface area contributed by atoms with Gasteiger partial charge in [-0.05, 0) is 32.6 Å². The molecule has 3 N–H and O–H groups in total. The molecule has 5 nitrogen and oxygen atoms in total. The molecule has 0 aromatic carbocycles. The first-order valence-corrected chi connectivity index (χ1v) is 6.02. The molecule has 0 saturated carbocycles. The Morgan fingerprint density at radius 2 is 2.12 bits per heavy atom. The van der Waals surface area contributed by atoms with E-state index in [2.05, 4.69) is 12.2 Å². The number of carbonyl (C=O) groups is 1. The van der Waals surface area contributed by atoms with Gasteiger partial charge in [-0.15, -0.1) is 0 Å². The number of rotatable bonds is 2. The first kappa shape index (κ1) is 11.9. The molecular weight excluding hydrogens is 207 g/mol. The van der Waals surface area contributed by atoms with Crippen molar-refractivity contribution in [1.82, 2.24) is 10.2 Å². The maximum atomic E-state index is 12.1. The molecule has 2 aliphatic heterocycles. The number of hydrogen-bond acceptors (Lipinski definition) is 4. The summed E-state index contributed by atoms with van der Waals surface area (Å²) < 4.78 is 0. The predicted octanol–water partition coefficient (Wildman–Crippen LogP) is -0.870. The zero-order valence-corrected chi connectivity index (χ0v) is 9.59. The summed E-state index contributed by atoms with van der Waals surface area (Å²) >= 11 is 0. The molecule has 2 rings (SSSR count). The fourth-order valence-corrected chi connectivity index (χ4v) is 2.70. The van der Waals surface area contributed by atoms with Gasteiger partial charge in [0.25, 0.3) is 0 Å². The Kier molecular flexibility index (Phi) is 3.52. The van der Waals surface area contributed by atoms with Crippen molar-refractivity contribution in [3.8, 4) is 0 Å². The third-order valence-electron chi connectivity index (χ3n) is 3.60. The van der Waals surface area contributed by atoms with Crippen LogP contribution in [-0.4, -0.2) is 52.5 Å². The van der Waals surface area contributed by atoms with Crippen molar-refractivity contribution >= 4 is 13.0 Å². The number of amides is 1. The number of nitrogens with zero attached hydrogens (tertiary/aromatic N) is 1. The molecule has 0 aromatic heterocycles. The van der Waals surface area contributed by atoms with E-state index in [4.69, 9.17) is 0 Å². The third kappa shape index (κ3) is 2.24. The average molecular weight is 226 g/mol. The molecule has 6 heteroatoms. The van der Waals surface area contributed by atoms with Crippen molar-refractivity contribution in [2.45, 2.75) is 50.6 Å². The van der Waals surface area contributed by atoms with E-state index in [0.29, 0.717) is 19.0 Å². The lowest BCUT2D eigenvalue weighted by Gasteiger charge is -2.27.